The summed E-state index contributed by atoms with van der Waals surface area (Å²) >= 11 is 0. The summed E-state index contributed by atoms with van der Waals surface area (Å²) in [4.78, 5) is 46.3. The minimum Gasteiger partial charge on any atom is -0.480 e. The van der Waals surface area contributed by atoms with Crippen molar-refractivity contribution < 1.29 is 39.6 Å². The maximum absolute atomic E-state index is 12.1. The molecule has 3 amide bonds. The maximum Gasteiger partial charge on any atom is 0.328 e. The highest BCUT2D eigenvalue weighted by Gasteiger charge is 2.32. The second-order valence-electron chi connectivity index (χ2n) is 5.34. The van der Waals surface area contributed by atoms with Crippen molar-refractivity contribution in [3.8, 4) is 0 Å². The van der Waals surface area contributed by atoms with Gasteiger partial charge in [-0.25, -0.2) is 4.79 Å². The highest BCUT2D eigenvalue weighted by atomic mass is 16.4. The predicted molar refractivity (Wildman–Crippen MR) is 82.9 cm³/mol. The van der Waals surface area contributed by atoms with Gasteiger partial charge in [0.1, 0.15) is 18.1 Å². The van der Waals surface area contributed by atoms with E-state index < -0.39 is 67.2 Å². The van der Waals surface area contributed by atoms with Gasteiger partial charge in [-0.05, 0) is 13.8 Å². The second kappa shape index (κ2) is 10.6. The van der Waals surface area contributed by atoms with Gasteiger partial charge in [0.25, 0.3) is 0 Å². The summed E-state index contributed by atoms with van der Waals surface area (Å²) in [5.74, 6) is -4.30. The van der Waals surface area contributed by atoms with Crippen LogP contribution in [0.5, 0.6) is 0 Å². The molecule has 0 spiro atoms. The zero-order valence-electron chi connectivity index (χ0n) is 13.8. The van der Waals surface area contributed by atoms with Crippen molar-refractivity contribution >= 4 is 23.7 Å². The van der Waals surface area contributed by atoms with Crippen molar-refractivity contribution in [2.24, 2.45) is 5.73 Å². The normalized spacial score (nSPS) is 16.7. The molecule has 0 bridgehead atoms. The Hall–Kier alpha value is -2.28. The molecule has 0 saturated heterocycles. The van der Waals surface area contributed by atoms with E-state index in [9.17, 15) is 29.4 Å². The Morgan fingerprint density at radius 3 is 1.72 bits per heavy atom. The number of amides is 3. The van der Waals surface area contributed by atoms with Crippen LogP contribution in [-0.4, -0.2) is 87.6 Å². The van der Waals surface area contributed by atoms with Crippen LogP contribution < -0.4 is 21.7 Å². The Balaban J connectivity index is 5.04. The molecule has 0 aromatic carbocycles. The summed E-state index contributed by atoms with van der Waals surface area (Å²) in [6.07, 6.45) is -1.43. The van der Waals surface area contributed by atoms with Gasteiger partial charge >= 0.3 is 5.97 Å². The van der Waals surface area contributed by atoms with Gasteiger partial charge in [-0.1, -0.05) is 0 Å². The lowest BCUT2D eigenvalue weighted by molar-refractivity contribution is -0.144. The van der Waals surface area contributed by atoms with Gasteiger partial charge < -0.3 is 42.1 Å². The Kier molecular flexibility index (Phi) is 9.59. The van der Waals surface area contributed by atoms with Gasteiger partial charge in [0.2, 0.25) is 17.7 Å². The predicted octanol–water partition coefficient (Wildman–Crippen LogP) is -4.76. The SMILES string of the molecule is CC(N)C(=O)NC(CO)C(=O)NC(C(=O)NC(CO)C(=O)O)C(C)O. The highest BCUT2D eigenvalue weighted by molar-refractivity contribution is 5.94. The van der Waals surface area contributed by atoms with Crippen LogP contribution in [0.4, 0.5) is 0 Å². The van der Waals surface area contributed by atoms with E-state index in [1.807, 2.05) is 5.32 Å². The van der Waals surface area contributed by atoms with Crippen LogP contribution >= 0.6 is 0 Å². The van der Waals surface area contributed by atoms with Crippen molar-refractivity contribution in [1.29, 1.82) is 0 Å². The molecule has 0 aromatic heterocycles. The van der Waals surface area contributed by atoms with E-state index in [1.165, 1.54) is 6.92 Å². The average molecular weight is 364 g/mol. The van der Waals surface area contributed by atoms with Crippen molar-refractivity contribution in [3.05, 3.63) is 0 Å². The number of rotatable bonds is 10. The standard InChI is InChI=1S/C13H24N4O8/c1-5(14)10(21)15-7(3-18)11(22)17-9(6(2)20)12(23)16-8(4-19)13(24)25/h5-9,18-20H,3-4,14H2,1-2H3,(H,15,21)(H,16,23)(H,17,22)(H,24,25). The number of carbonyl (C=O) groups excluding carboxylic acids is 3. The number of carboxylic acids is 1. The second-order valence-corrected chi connectivity index (χ2v) is 5.34. The van der Waals surface area contributed by atoms with Crippen LogP contribution in [0.25, 0.3) is 0 Å². The Morgan fingerprint density at radius 2 is 1.36 bits per heavy atom. The molecule has 12 nitrogen and oxygen atoms in total. The number of aliphatic carboxylic acids is 1. The zero-order valence-corrected chi connectivity index (χ0v) is 13.8. The van der Waals surface area contributed by atoms with Gasteiger partial charge in [0.15, 0.2) is 0 Å². The molecular weight excluding hydrogens is 340 g/mol. The van der Waals surface area contributed by atoms with Gasteiger partial charge in [-0.15, -0.1) is 0 Å². The van der Waals surface area contributed by atoms with Gasteiger partial charge in [0.05, 0.1) is 25.4 Å². The summed E-state index contributed by atoms with van der Waals surface area (Å²) in [6.45, 7) is 0.820. The molecule has 0 rings (SSSR count). The minimum atomic E-state index is -1.63. The first-order valence-corrected chi connectivity index (χ1v) is 7.34. The molecule has 0 heterocycles. The molecule has 5 atom stereocenters. The molecule has 12 heteroatoms. The highest BCUT2D eigenvalue weighted by Crippen LogP contribution is 1.97. The van der Waals surface area contributed by atoms with E-state index in [-0.39, 0.29) is 0 Å². The lowest BCUT2D eigenvalue weighted by Gasteiger charge is -2.25. The molecule has 0 fully saturated rings. The van der Waals surface area contributed by atoms with Crippen LogP contribution in [0.2, 0.25) is 0 Å². The molecule has 0 aliphatic rings. The minimum absolute atomic E-state index is 0.724. The van der Waals surface area contributed by atoms with Gasteiger partial charge in [-0.2, -0.15) is 0 Å². The lowest BCUT2D eigenvalue weighted by Crippen LogP contribution is -2.60. The number of carboxylic acid groups (broad SMARTS) is 1. The fourth-order valence-corrected chi connectivity index (χ4v) is 1.60. The number of nitrogens with two attached hydrogens (primary N) is 1. The third-order valence-corrected chi connectivity index (χ3v) is 3.09. The van der Waals surface area contributed by atoms with E-state index in [4.69, 9.17) is 15.9 Å². The van der Waals surface area contributed by atoms with Crippen LogP contribution in [0.3, 0.4) is 0 Å². The largest absolute Gasteiger partial charge is 0.480 e. The monoisotopic (exact) mass is 364 g/mol. The van der Waals surface area contributed by atoms with E-state index in [0.29, 0.717) is 0 Å². The molecule has 0 saturated carbocycles. The third kappa shape index (κ3) is 7.43. The quantitative estimate of drug-likeness (QED) is 0.187. The molecule has 144 valence electrons. The molecule has 9 N–H and O–H groups in total. The smallest absolute Gasteiger partial charge is 0.328 e. The van der Waals surface area contributed by atoms with Crippen molar-refractivity contribution in [1.82, 2.24) is 16.0 Å². The molecule has 0 aliphatic carbocycles. The fraction of sp³-hybridized carbons (Fsp3) is 0.692. The topological polar surface area (TPSA) is 211 Å². The number of hydrogen-bond donors (Lipinski definition) is 8. The van der Waals surface area contributed by atoms with E-state index in [2.05, 4.69) is 10.6 Å². The Morgan fingerprint density at radius 1 is 0.880 bits per heavy atom. The molecule has 0 aromatic rings. The number of hydrogen-bond acceptors (Lipinski definition) is 8. The van der Waals surface area contributed by atoms with Crippen molar-refractivity contribution in [2.75, 3.05) is 13.2 Å². The number of carbonyl (C=O) groups is 4. The fourth-order valence-electron chi connectivity index (χ4n) is 1.60. The summed E-state index contributed by atoms with van der Waals surface area (Å²) in [5, 5.41) is 42.7. The summed E-state index contributed by atoms with van der Waals surface area (Å²) in [6, 6.07) is -5.58. The summed E-state index contributed by atoms with van der Waals surface area (Å²) < 4.78 is 0. The van der Waals surface area contributed by atoms with Crippen molar-refractivity contribution in [2.45, 2.75) is 44.1 Å². The number of nitrogens with one attached hydrogen (secondary N) is 3. The summed E-state index contributed by atoms with van der Waals surface area (Å²) in [7, 11) is 0. The zero-order chi connectivity index (χ0) is 19.7. The third-order valence-electron chi connectivity index (χ3n) is 3.09. The average Bonchev–Trinajstić information content (AvgIpc) is 2.53. The first-order chi connectivity index (χ1) is 11.5. The van der Waals surface area contributed by atoms with Gasteiger partial charge in [-0.3, -0.25) is 14.4 Å². The summed E-state index contributed by atoms with van der Waals surface area (Å²) in [5.41, 5.74) is 5.33. The van der Waals surface area contributed by atoms with Crippen LogP contribution in [0.1, 0.15) is 13.8 Å². The van der Waals surface area contributed by atoms with Crippen LogP contribution in [-0.2, 0) is 19.2 Å². The van der Waals surface area contributed by atoms with E-state index in [1.54, 1.807) is 0 Å². The molecule has 5 unspecified atom stereocenters. The first-order valence-electron chi connectivity index (χ1n) is 7.34. The number of aliphatic hydroxyl groups is 3. The first kappa shape index (κ1) is 22.7. The Labute approximate surface area is 143 Å². The maximum atomic E-state index is 12.1. The van der Waals surface area contributed by atoms with Crippen LogP contribution in [0, 0.1) is 0 Å². The molecule has 0 aliphatic heterocycles. The number of aliphatic hydroxyl groups excluding tert-OH is 3. The van der Waals surface area contributed by atoms with E-state index >= 15 is 0 Å². The molecular formula is C13H24N4O8. The van der Waals surface area contributed by atoms with Crippen LogP contribution in [0.15, 0.2) is 0 Å². The Bertz CT molecular complexity index is 496. The van der Waals surface area contributed by atoms with E-state index in [0.717, 1.165) is 6.92 Å². The van der Waals surface area contributed by atoms with Gasteiger partial charge in [0, 0.05) is 0 Å². The van der Waals surface area contributed by atoms with Crippen molar-refractivity contribution in [3.63, 3.8) is 0 Å². The molecule has 25 heavy (non-hydrogen) atoms. The molecule has 0 radical (unpaired) electrons. The lowest BCUT2D eigenvalue weighted by atomic mass is 10.1.